The van der Waals surface area contributed by atoms with Gasteiger partial charge in [0.2, 0.25) is 5.91 Å². The second-order valence-corrected chi connectivity index (χ2v) is 6.68. The minimum atomic E-state index is -0.179. The standard InChI is InChI=1S/C20H26N4O/c1-13(19-14(2)23-24(4)15(19)3)20(25)21-11-7-8-16-12-22-18-10-6-5-9-17(16)18/h5-6,9-10,12-13,22H,7-8,11H2,1-4H3,(H,21,25)/t13-/m1/s1. The predicted octanol–water partition coefficient (Wildman–Crippen LogP) is 3.37. The first kappa shape index (κ1) is 17.3. The van der Waals surface area contributed by atoms with Crippen LogP contribution in [-0.2, 0) is 18.3 Å². The van der Waals surface area contributed by atoms with E-state index in [0.717, 1.165) is 35.3 Å². The highest BCUT2D eigenvalue weighted by atomic mass is 16.1. The van der Waals surface area contributed by atoms with Crippen molar-refractivity contribution in [3.8, 4) is 0 Å². The average Bonchev–Trinajstić information content (AvgIpc) is 3.12. The van der Waals surface area contributed by atoms with E-state index in [4.69, 9.17) is 0 Å². The molecule has 0 aliphatic rings. The van der Waals surface area contributed by atoms with E-state index in [9.17, 15) is 4.79 Å². The van der Waals surface area contributed by atoms with Gasteiger partial charge in [0.1, 0.15) is 0 Å². The molecular formula is C20H26N4O. The molecule has 5 nitrogen and oxygen atoms in total. The molecular weight excluding hydrogens is 312 g/mol. The number of rotatable bonds is 6. The molecule has 0 bridgehead atoms. The van der Waals surface area contributed by atoms with Crippen LogP contribution in [0.5, 0.6) is 0 Å². The van der Waals surface area contributed by atoms with Crippen molar-refractivity contribution in [2.45, 2.75) is 39.5 Å². The Kier molecular flexibility index (Phi) is 4.93. The normalized spacial score (nSPS) is 12.5. The molecule has 3 rings (SSSR count). The maximum atomic E-state index is 12.5. The van der Waals surface area contributed by atoms with Gasteiger partial charge in [-0.3, -0.25) is 9.48 Å². The van der Waals surface area contributed by atoms with Crippen LogP contribution in [0.4, 0.5) is 0 Å². The first-order chi connectivity index (χ1) is 12.0. The molecule has 25 heavy (non-hydrogen) atoms. The van der Waals surface area contributed by atoms with E-state index in [0.29, 0.717) is 6.54 Å². The molecule has 2 heterocycles. The van der Waals surface area contributed by atoms with Gasteiger partial charge >= 0.3 is 0 Å². The van der Waals surface area contributed by atoms with Gasteiger partial charge in [-0.05, 0) is 45.2 Å². The maximum absolute atomic E-state index is 12.5. The molecule has 5 heteroatoms. The summed E-state index contributed by atoms with van der Waals surface area (Å²) in [6.45, 7) is 6.60. The molecule has 132 valence electrons. The topological polar surface area (TPSA) is 62.7 Å². The molecule has 0 aliphatic carbocycles. The number of H-pyrrole nitrogens is 1. The van der Waals surface area contributed by atoms with Gasteiger partial charge in [0, 0.05) is 41.9 Å². The highest BCUT2D eigenvalue weighted by Gasteiger charge is 2.22. The second-order valence-electron chi connectivity index (χ2n) is 6.68. The summed E-state index contributed by atoms with van der Waals surface area (Å²) >= 11 is 0. The minimum Gasteiger partial charge on any atom is -0.361 e. The van der Waals surface area contributed by atoms with Gasteiger partial charge in [0.25, 0.3) is 0 Å². The lowest BCUT2D eigenvalue weighted by atomic mass is 9.98. The highest BCUT2D eigenvalue weighted by Crippen LogP contribution is 2.23. The van der Waals surface area contributed by atoms with E-state index in [1.807, 2.05) is 38.6 Å². The summed E-state index contributed by atoms with van der Waals surface area (Å²) in [6.07, 6.45) is 3.94. The Morgan fingerprint density at radius 2 is 2.08 bits per heavy atom. The third-order valence-electron chi connectivity index (χ3n) is 4.99. The SMILES string of the molecule is Cc1nn(C)c(C)c1[C@@H](C)C(=O)NCCCc1c[nH]c2ccccc12. The molecule has 1 aromatic carbocycles. The molecule has 2 aromatic heterocycles. The number of benzene rings is 1. The third-order valence-corrected chi connectivity index (χ3v) is 4.99. The molecule has 0 saturated carbocycles. The van der Waals surface area contributed by atoms with Crippen LogP contribution < -0.4 is 5.32 Å². The smallest absolute Gasteiger partial charge is 0.227 e. The average molecular weight is 338 g/mol. The quantitative estimate of drug-likeness (QED) is 0.677. The van der Waals surface area contributed by atoms with Crippen LogP contribution in [0.1, 0.15) is 41.8 Å². The van der Waals surface area contributed by atoms with Crippen LogP contribution in [0.25, 0.3) is 10.9 Å². The third kappa shape index (κ3) is 3.45. The molecule has 0 unspecified atom stereocenters. The number of carbonyl (C=O) groups excluding carboxylic acids is 1. The fourth-order valence-electron chi connectivity index (χ4n) is 3.53. The van der Waals surface area contributed by atoms with Gasteiger partial charge < -0.3 is 10.3 Å². The molecule has 0 aliphatic heterocycles. The Hall–Kier alpha value is -2.56. The van der Waals surface area contributed by atoms with Gasteiger partial charge in [-0.25, -0.2) is 0 Å². The summed E-state index contributed by atoms with van der Waals surface area (Å²) in [5.74, 6) is -0.111. The minimum absolute atomic E-state index is 0.0677. The largest absolute Gasteiger partial charge is 0.361 e. The zero-order valence-electron chi connectivity index (χ0n) is 15.4. The van der Waals surface area contributed by atoms with Crippen molar-refractivity contribution in [2.24, 2.45) is 7.05 Å². The second kappa shape index (κ2) is 7.13. The Bertz CT molecular complexity index is 890. The lowest BCUT2D eigenvalue weighted by Crippen LogP contribution is -2.29. The van der Waals surface area contributed by atoms with Crippen molar-refractivity contribution >= 4 is 16.8 Å². The van der Waals surface area contributed by atoms with Gasteiger partial charge in [0.05, 0.1) is 11.6 Å². The van der Waals surface area contributed by atoms with Crippen LogP contribution in [0.2, 0.25) is 0 Å². The Morgan fingerprint density at radius 3 is 2.80 bits per heavy atom. The molecule has 3 aromatic rings. The number of aryl methyl sites for hydroxylation is 3. The van der Waals surface area contributed by atoms with Gasteiger partial charge in [-0.2, -0.15) is 5.10 Å². The molecule has 1 atom stereocenters. The molecule has 0 fully saturated rings. The number of aromatic amines is 1. The number of hydrogen-bond donors (Lipinski definition) is 2. The van der Waals surface area contributed by atoms with E-state index in [-0.39, 0.29) is 11.8 Å². The zero-order chi connectivity index (χ0) is 18.0. The van der Waals surface area contributed by atoms with Gasteiger partial charge in [-0.1, -0.05) is 18.2 Å². The summed E-state index contributed by atoms with van der Waals surface area (Å²) in [5, 5.41) is 8.74. The number of nitrogens with zero attached hydrogens (tertiary/aromatic N) is 2. The molecule has 1 amide bonds. The van der Waals surface area contributed by atoms with Gasteiger partial charge in [-0.15, -0.1) is 0 Å². The Balaban J connectivity index is 1.54. The van der Waals surface area contributed by atoms with Crippen molar-refractivity contribution in [3.05, 3.63) is 53.0 Å². The van der Waals surface area contributed by atoms with Crippen LogP contribution >= 0.6 is 0 Å². The molecule has 0 radical (unpaired) electrons. The maximum Gasteiger partial charge on any atom is 0.227 e. The first-order valence-corrected chi connectivity index (χ1v) is 8.82. The van der Waals surface area contributed by atoms with Crippen LogP contribution in [0.15, 0.2) is 30.5 Å². The fraction of sp³-hybridized carbons (Fsp3) is 0.400. The number of hydrogen-bond acceptors (Lipinski definition) is 2. The van der Waals surface area contributed by atoms with Crippen molar-refractivity contribution in [1.29, 1.82) is 0 Å². The zero-order valence-corrected chi connectivity index (χ0v) is 15.4. The van der Waals surface area contributed by atoms with Gasteiger partial charge in [0.15, 0.2) is 0 Å². The molecule has 0 saturated heterocycles. The van der Waals surface area contributed by atoms with E-state index in [1.165, 1.54) is 10.9 Å². The van der Waals surface area contributed by atoms with E-state index >= 15 is 0 Å². The fourth-order valence-corrected chi connectivity index (χ4v) is 3.53. The van der Waals surface area contributed by atoms with E-state index in [1.54, 1.807) is 0 Å². The van der Waals surface area contributed by atoms with Crippen molar-refractivity contribution in [1.82, 2.24) is 20.1 Å². The summed E-state index contributed by atoms with van der Waals surface area (Å²) in [4.78, 5) is 15.8. The Labute approximate surface area is 148 Å². The van der Waals surface area contributed by atoms with E-state index in [2.05, 4.69) is 39.8 Å². The lowest BCUT2D eigenvalue weighted by molar-refractivity contribution is -0.122. The Morgan fingerprint density at radius 1 is 1.32 bits per heavy atom. The molecule has 0 spiro atoms. The lowest BCUT2D eigenvalue weighted by Gasteiger charge is -2.13. The van der Waals surface area contributed by atoms with Crippen LogP contribution in [-0.4, -0.2) is 27.2 Å². The summed E-state index contributed by atoms with van der Waals surface area (Å²) in [5.41, 5.74) is 5.49. The van der Waals surface area contributed by atoms with E-state index < -0.39 is 0 Å². The summed E-state index contributed by atoms with van der Waals surface area (Å²) < 4.78 is 1.84. The van der Waals surface area contributed by atoms with Crippen molar-refractivity contribution in [2.75, 3.05) is 6.54 Å². The summed E-state index contributed by atoms with van der Waals surface area (Å²) in [6, 6.07) is 8.31. The number of carbonyl (C=O) groups is 1. The van der Waals surface area contributed by atoms with Crippen LogP contribution in [0.3, 0.4) is 0 Å². The number of nitrogens with one attached hydrogen (secondary N) is 2. The highest BCUT2D eigenvalue weighted by molar-refractivity contribution is 5.84. The number of fused-ring (bicyclic) bond motifs is 1. The number of amides is 1. The monoisotopic (exact) mass is 338 g/mol. The number of para-hydroxylation sites is 1. The summed E-state index contributed by atoms with van der Waals surface area (Å²) in [7, 11) is 1.91. The molecule has 2 N–H and O–H groups in total. The van der Waals surface area contributed by atoms with Crippen molar-refractivity contribution in [3.63, 3.8) is 0 Å². The number of aromatic nitrogens is 3. The van der Waals surface area contributed by atoms with Crippen LogP contribution in [0, 0.1) is 13.8 Å². The first-order valence-electron chi connectivity index (χ1n) is 8.82. The van der Waals surface area contributed by atoms with Crippen molar-refractivity contribution < 1.29 is 4.79 Å². The predicted molar refractivity (Wildman–Crippen MR) is 101 cm³/mol.